The maximum absolute atomic E-state index is 11.8. The highest BCUT2D eigenvalue weighted by atomic mass is 32.2. The van der Waals surface area contributed by atoms with Gasteiger partial charge in [0.25, 0.3) is 0 Å². The number of carbonyl (C=O) groups excluding carboxylic acids is 1. The van der Waals surface area contributed by atoms with Crippen LogP contribution in [0, 0.1) is 5.92 Å². The van der Waals surface area contributed by atoms with Crippen LogP contribution in [0.3, 0.4) is 0 Å². The monoisotopic (exact) mass is 264 g/mol. The molecule has 0 spiro atoms. The molecule has 1 atom stereocenters. The van der Waals surface area contributed by atoms with Crippen molar-refractivity contribution in [2.24, 2.45) is 11.7 Å². The second kappa shape index (κ2) is 7.95. The van der Waals surface area contributed by atoms with E-state index in [1.807, 2.05) is 37.3 Å². The maximum atomic E-state index is 11.8. The molecule has 0 saturated carbocycles. The number of hydrogen-bond donors (Lipinski definition) is 2. The lowest BCUT2D eigenvalue weighted by Gasteiger charge is -2.12. The highest BCUT2D eigenvalue weighted by molar-refractivity contribution is 7.99. The summed E-state index contributed by atoms with van der Waals surface area (Å²) in [4.78, 5) is 12.9. The molecule has 0 heterocycles. The Balaban J connectivity index is 2.65. The number of para-hydroxylation sites is 1. The zero-order valence-corrected chi connectivity index (χ0v) is 11.5. The van der Waals surface area contributed by atoms with Crippen molar-refractivity contribution >= 4 is 23.4 Å². The van der Waals surface area contributed by atoms with Crippen molar-refractivity contribution in [2.45, 2.75) is 18.2 Å². The molecule has 0 aliphatic rings. The summed E-state index contributed by atoms with van der Waals surface area (Å²) in [7, 11) is 0. The molecule has 0 saturated heterocycles. The number of amides is 1. The van der Waals surface area contributed by atoms with E-state index in [-0.39, 0.29) is 11.8 Å². The Bertz CT molecular complexity index is 407. The standard InChI is InChI=1S/C14H20N2OS/c1-3-8-18-13-7-5-4-6-12(13)16-14(17)9-11(2)10-15/h3-7,11H,1,8-10,15H2,2H3,(H,16,17). The lowest BCUT2D eigenvalue weighted by atomic mass is 10.1. The fraction of sp³-hybridized carbons (Fsp3) is 0.357. The van der Waals surface area contributed by atoms with Crippen LogP contribution in [0.15, 0.2) is 41.8 Å². The Morgan fingerprint density at radius 1 is 1.56 bits per heavy atom. The molecule has 1 amide bonds. The topological polar surface area (TPSA) is 55.1 Å². The number of thioether (sulfide) groups is 1. The summed E-state index contributed by atoms with van der Waals surface area (Å²) >= 11 is 1.66. The van der Waals surface area contributed by atoms with Crippen molar-refractivity contribution in [1.82, 2.24) is 0 Å². The SMILES string of the molecule is C=CCSc1ccccc1NC(=O)CC(C)CN. The minimum atomic E-state index is 0.0135. The van der Waals surface area contributed by atoms with E-state index in [4.69, 9.17) is 5.73 Å². The fourth-order valence-corrected chi connectivity index (χ4v) is 2.19. The molecule has 3 N–H and O–H groups in total. The van der Waals surface area contributed by atoms with Crippen molar-refractivity contribution < 1.29 is 4.79 Å². The van der Waals surface area contributed by atoms with Crippen LogP contribution in [0.4, 0.5) is 5.69 Å². The van der Waals surface area contributed by atoms with Gasteiger partial charge >= 0.3 is 0 Å². The molecular weight excluding hydrogens is 244 g/mol. The number of rotatable bonds is 7. The first-order valence-corrected chi connectivity index (χ1v) is 6.98. The van der Waals surface area contributed by atoms with E-state index in [1.165, 1.54) is 0 Å². The quantitative estimate of drug-likeness (QED) is 0.588. The van der Waals surface area contributed by atoms with Gasteiger partial charge in [0.15, 0.2) is 0 Å². The van der Waals surface area contributed by atoms with Crippen molar-refractivity contribution in [3.8, 4) is 0 Å². The van der Waals surface area contributed by atoms with Crippen LogP contribution >= 0.6 is 11.8 Å². The second-order valence-corrected chi connectivity index (χ2v) is 5.25. The van der Waals surface area contributed by atoms with Gasteiger partial charge in [-0.15, -0.1) is 18.3 Å². The number of carbonyl (C=O) groups is 1. The molecule has 0 fully saturated rings. The fourth-order valence-electron chi connectivity index (χ4n) is 1.45. The van der Waals surface area contributed by atoms with Crippen molar-refractivity contribution in [1.29, 1.82) is 0 Å². The molecule has 3 nitrogen and oxygen atoms in total. The highest BCUT2D eigenvalue weighted by Crippen LogP contribution is 2.27. The molecular formula is C14H20N2OS. The Morgan fingerprint density at radius 3 is 2.94 bits per heavy atom. The second-order valence-electron chi connectivity index (χ2n) is 4.19. The molecule has 1 unspecified atom stereocenters. The van der Waals surface area contributed by atoms with Gasteiger partial charge in [-0.25, -0.2) is 0 Å². The predicted molar refractivity (Wildman–Crippen MR) is 78.8 cm³/mol. The van der Waals surface area contributed by atoms with E-state index in [1.54, 1.807) is 11.8 Å². The van der Waals surface area contributed by atoms with Crippen LogP contribution in [0.1, 0.15) is 13.3 Å². The van der Waals surface area contributed by atoms with Crippen LogP contribution in [0.2, 0.25) is 0 Å². The lowest BCUT2D eigenvalue weighted by molar-refractivity contribution is -0.116. The van der Waals surface area contributed by atoms with Crippen LogP contribution in [-0.4, -0.2) is 18.2 Å². The number of hydrogen-bond acceptors (Lipinski definition) is 3. The van der Waals surface area contributed by atoms with Gasteiger partial charge in [-0.3, -0.25) is 4.79 Å². The smallest absolute Gasteiger partial charge is 0.224 e. The minimum Gasteiger partial charge on any atom is -0.330 e. The third kappa shape index (κ3) is 4.94. The average Bonchev–Trinajstić information content (AvgIpc) is 2.37. The summed E-state index contributed by atoms with van der Waals surface area (Å²) in [5, 5.41) is 2.94. The first kappa shape index (κ1) is 14.8. The van der Waals surface area contributed by atoms with E-state index in [0.29, 0.717) is 13.0 Å². The van der Waals surface area contributed by atoms with Crippen molar-refractivity contribution in [3.05, 3.63) is 36.9 Å². The molecule has 1 rings (SSSR count). The summed E-state index contributed by atoms with van der Waals surface area (Å²) in [5.41, 5.74) is 6.37. The number of nitrogens with one attached hydrogen (secondary N) is 1. The molecule has 0 aliphatic heterocycles. The first-order valence-electron chi connectivity index (χ1n) is 6.00. The molecule has 4 heteroatoms. The molecule has 0 radical (unpaired) electrons. The summed E-state index contributed by atoms with van der Waals surface area (Å²) in [5.74, 6) is 1.05. The lowest BCUT2D eigenvalue weighted by Crippen LogP contribution is -2.20. The van der Waals surface area contributed by atoms with E-state index in [2.05, 4.69) is 11.9 Å². The molecule has 0 aliphatic carbocycles. The van der Waals surface area contributed by atoms with Gasteiger partial charge in [-0.05, 0) is 24.6 Å². The van der Waals surface area contributed by atoms with Crippen LogP contribution in [0.25, 0.3) is 0 Å². The predicted octanol–water partition coefficient (Wildman–Crippen LogP) is 2.89. The third-order valence-corrected chi connectivity index (χ3v) is 3.52. The first-order chi connectivity index (χ1) is 8.67. The van der Waals surface area contributed by atoms with Crippen molar-refractivity contribution in [2.75, 3.05) is 17.6 Å². The molecule has 0 bridgehead atoms. The van der Waals surface area contributed by atoms with E-state index >= 15 is 0 Å². The number of nitrogens with two attached hydrogens (primary N) is 1. The molecule has 0 aromatic heterocycles. The van der Waals surface area contributed by atoms with Crippen LogP contribution in [-0.2, 0) is 4.79 Å². The zero-order chi connectivity index (χ0) is 13.4. The van der Waals surface area contributed by atoms with Gasteiger partial charge in [-0.2, -0.15) is 0 Å². The molecule has 98 valence electrons. The van der Waals surface area contributed by atoms with E-state index < -0.39 is 0 Å². The number of benzene rings is 1. The Kier molecular flexibility index (Phi) is 6.54. The van der Waals surface area contributed by atoms with Gasteiger partial charge in [0.2, 0.25) is 5.91 Å². The molecule has 18 heavy (non-hydrogen) atoms. The molecule has 1 aromatic carbocycles. The highest BCUT2D eigenvalue weighted by Gasteiger charge is 2.09. The van der Waals surface area contributed by atoms with Crippen LogP contribution in [0.5, 0.6) is 0 Å². The largest absolute Gasteiger partial charge is 0.330 e. The van der Waals surface area contributed by atoms with Crippen LogP contribution < -0.4 is 11.1 Å². The maximum Gasteiger partial charge on any atom is 0.224 e. The van der Waals surface area contributed by atoms with Crippen molar-refractivity contribution in [3.63, 3.8) is 0 Å². The average molecular weight is 264 g/mol. The zero-order valence-electron chi connectivity index (χ0n) is 10.7. The van der Waals surface area contributed by atoms with E-state index in [9.17, 15) is 4.79 Å². The Labute approximate surface area is 113 Å². The summed E-state index contributed by atoms with van der Waals surface area (Å²) in [6.07, 6.45) is 2.30. The van der Waals surface area contributed by atoms with Gasteiger partial charge in [0.1, 0.15) is 0 Å². The Hall–Kier alpha value is -1.26. The normalized spacial score (nSPS) is 11.9. The summed E-state index contributed by atoms with van der Waals surface area (Å²) in [6, 6.07) is 7.79. The molecule has 1 aromatic rings. The van der Waals surface area contributed by atoms with Gasteiger partial charge < -0.3 is 11.1 Å². The Morgan fingerprint density at radius 2 is 2.28 bits per heavy atom. The van der Waals surface area contributed by atoms with Gasteiger partial charge in [0.05, 0.1) is 5.69 Å². The summed E-state index contributed by atoms with van der Waals surface area (Å²) < 4.78 is 0. The van der Waals surface area contributed by atoms with Gasteiger partial charge in [0, 0.05) is 17.1 Å². The third-order valence-electron chi connectivity index (χ3n) is 2.45. The van der Waals surface area contributed by atoms with E-state index in [0.717, 1.165) is 16.3 Å². The minimum absolute atomic E-state index is 0.0135. The summed E-state index contributed by atoms with van der Waals surface area (Å²) in [6.45, 7) is 6.19. The number of anilines is 1. The van der Waals surface area contributed by atoms with Gasteiger partial charge in [-0.1, -0.05) is 25.1 Å².